The van der Waals surface area contributed by atoms with Crippen LogP contribution in [0.25, 0.3) is 10.9 Å². The maximum atomic E-state index is 9.31. The number of phenols is 1. The summed E-state index contributed by atoms with van der Waals surface area (Å²) >= 11 is 0. The number of phenolic OH excluding ortho intramolecular Hbond substituents is 1. The number of hydrogen-bond donors (Lipinski definition) is 1. The summed E-state index contributed by atoms with van der Waals surface area (Å²) < 4.78 is 0. The first-order chi connectivity index (χ1) is 5.38. The molecular weight excluding hydrogens is 289 g/mol. The largest absolute Gasteiger partial charge is 2.00 e. The topological polar surface area (TPSA) is 33.1 Å². The molecule has 4 heteroatoms. The summed E-state index contributed by atoms with van der Waals surface area (Å²) in [6.45, 7) is 0. The van der Waals surface area contributed by atoms with E-state index in [4.69, 9.17) is 0 Å². The summed E-state index contributed by atoms with van der Waals surface area (Å²) in [5.74, 6) is 0.239. The predicted molar refractivity (Wildman–Crippen MR) is 56.5 cm³/mol. The fourth-order valence-corrected chi connectivity index (χ4v) is 1.09. The van der Waals surface area contributed by atoms with Crippen molar-refractivity contribution in [2.45, 2.75) is 0 Å². The molecule has 64 valence electrons. The van der Waals surface area contributed by atoms with Crippen molar-refractivity contribution in [3.8, 4) is 5.75 Å². The third kappa shape index (κ3) is 2.51. The molecule has 1 aromatic heterocycles. The van der Waals surface area contributed by atoms with Crippen molar-refractivity contribution in [1.29, 1.82) is 0 Å². The second-order valence-electron chi connectivity index (χ2n) is 2.35. The molecule has 13 heavy (non-hydrogen) atoms. The fraction of sp³-hybridized carbons (Fsp3) is 0. The van der Waals surface area contributed by atoms with E-state index in [-0.39, 0.29) is 43.2 Å². The Balaban J connectivity index is 0.000000720. The Morgan fingerprint density at radius 1 is 1.08 bits per heavy atom. The molecule has 0 bridgehead atoms. The van der Waals surface area contributed by atoms with Gasteiger partial charge in [0, 0.05) is 11.6 Å². The molecule has 0 fully saturated rings. The average molecular weight is 296 g/mol. The van der Waals surface area contributed by atoms with Crippen LogP contribution in [0.4, 0.5) is 0 Å². The number of hydrogen-bond acceptors (Lipinski definition) is 2. The number of aromatic nitrogens is 1. The molecule has 2 radical (unpaired) electrons. The third-order valence-electron chi connectivity index (χ3n) is 1.61. The van der Waals surface area contributed by atoms with Gasteiger partial charge in [0.05, 0.1) is 0 Å². The summed E-state index contributed by atoms with van der Waals surface area (Å²) in [6, 6.07) is 9.13. The Morgan fingerprint density at radius 2 is 1.77 bits per heavy atom. The molecule has 1 N–H and O–H groups in total. The zero-order valence-corrected chi connectivity index (χ0v) is 10.4. The minimum atomic E-state index is 0. The molecule has 0 aliphatic carbocycles. The van der Waals surface area contributed by atoms with Crippen LogP contribution in [0, 0.1) is 0 Å². The monoisotopic (exact) mass is 297 g/mol. The standard InChI is InChI=1S/C9H7NO.S.Sn/c11-8-5-1-3-7-4-2-6-10-9(7)8;;/h1-6,11H;;/q;-2;+2. The molecule has 0 saturated heterocycles. The van der Waals surface area contributed by atoms with E-state index < -0.39 is 0 Å². The van der Waals surface area contributed by atoms with E-state index in [0.717, 1.165) is 5.39 Å². The van der Waals surface area contributed by atoms with Crippen LogP contribution < -0.4 is 0 Å². The van der Waals surface area contributed by atoms with Gasteiger partial charge >= 0.3 is 23.9 Å². The van der Waals surface area contributed by atoms with E-state index in [9.17, 15) is 5.11 Å². The first kappa shape index (κ1) is 12.6. The Kier molecular flexibility index (Phi) is 5.17. The van der Waals surface area contributed by atoms with Crippen molar-refractivity contribution in [2.75, 3.05) is 0 Å². The van der Waals surface area contributed by atoms with Crippen LogP contribution >= 0.6 is 0 Å². The SMILES string of the molecule is Oc1cccc2cccnc12.[S-2].[Sn+2]. The second kappa shape index (κ2) is 5.34. The first-order valence-corrected chi connectivity index (χ1v) is 3.40. The maximum absolute atomic E-state index is 9.31. The zero-order chi connectivity index (χ0) is 7.68. The van der Waals surface area contributed by atoms with Gasteiger partial charge < -0.3 is 18.6 Å². The summed E-state index contributed by atoms with van der Waals surface area (Å²) in [4.78, 5) is 4.03. The molecule has 1 aromatic carbocycles. The minimum Gasteiger partial charge on any atom is -2.00 e. The molecule has 0 aliphatic heterocycles. The third-order valence-corrected chi connectivity index (χ3v) is 1.61. The minimum absolute atomic E-state index is 0. The second-order valence-corrected chi connectivity index (χ2v) is 2.35. The smallest absolute Gasteiger partial charge is 2.00 e. The zero-order valence-electron chi connectivity index (χ0n) is 6.77. The van der Waals surface area contributed by atoms with Crippen molar-refractivity contribution < 1.29 is 5.11 Å². The normalized spacial score (nSPS) is 8.62. The van der Waals surface area contributed by atoms with Crippen LogP contribution in [0.5, 0.6) is 5.75 Å². The van der Waals surface area contributed by atoms with Gasteiger partial charge in [-0.05, 0) is 12.1 Å². The molecule has 2 nitrogen and oxygen atoms in total. The van der Waals surface area contributed by atoms with Crippen LogP contribution in [0.3, 0.4) is 0 Å². The Labute approximate surface area is 100 Å². The Morgan fingerprint density at radius 3 is 2.46 bits per heavy atom. The fourth-order valence-electron chi connectivity index (χ4n) is 1.09. The maximum Gasteiger partial charge on any atom is 2.00 e. The van der Waals surface area contributed by atoms with E-state index in [0.29, 0.717) is 5.52 Å². The van der Waals surface area contributed by atoms with Crippen LogP contribution in [0.1, 0.15) is 0 Å². The molecule has 2 rings (SSSR count). The summed E-state index contributed by atoms with van der Waals surface area (Å²) in [5.41, 5.74) is 0.662. The van der Waals surface area contributed by atoms with E-state index in [1.165, 1.54) is 0 Å². The van der Waals surface area contributed by atoms with Crippen LogP contribution in [0.15, 0.2) is 36.5 Å². The van der Waals surface area contributed by atoms with Gasteiger partial charge in [-0.15, -0.1) is 0 Å². The van der Waals surface area contributed by atoms with Crippen molar-refractivity contribution in [3.63, 3.8) is 0 Å². The number of rotatable bonds is 0. The van der Waals surface area contributed by atoms with Crippen LogP contribution in [-0.2, 0) is 13.5 Å². The molecule has 0 spiro atoms. The van der Waals surface area contributed by atoms with Crippen molar-refractivity contribution >= 4 is 48.3 Å². The summed E-state index contributed by atoms with van der Waals surface area (Å²) in [5, 5.41) is 10.3. The summed E-state index contributed by atoms with van der Waals surface area (Å²) in [6.07, 6.45) is 1.67. The van der Waals surface area contributed by atoms with Gasteiger partial charge in [0.15, 0.2) is 0 Å². The molecule has 0 unspecified atom stereocenters. The van der Waals surface area contributed by atoms with E-state index in [1.807, 2.05) is 18.2 Å². The predicted octanol–water partition coefficient (Wildman–Crippen LogP) is 1.56. The van der Waals surface area contributed by atoms with Gasteiger partial charge in [-0.2, -0.15) is 0 Å². The van der Waals surface area contributed by atoms with E-state index in [2.05, 4.69) is 4.98 Å². The number of aromatic hydroxyl groups is 1. The van der Waals surface area contributed by atoms with Gasteiger partial charge in [-0.1, -0.05) is 18.2 Å². The Hall–Kier alpha value is -0.421. The number of nitrogens with zero attached hydrogens (tertiary/aromatic N) is 1. The number of benzene rings is 1. The van der Waals surface area contributed by atoms with Crippen molar-refractivity contribution in [3.05, 3.63) is 36.5 Å². The first-order valence-electron chi connectivity index (χ1n) is 3.40. The number of para-hydroxylation sites is 1. The molecule has 1 heterocycles. The van der Waals surface area contributed by atoms with Gasteiger partial charge in [-0.3, -0.25) is 4.98 Å². The summed E-state index contributed by atoms with van der Waals surface area (Å²) in [7, 11) is 0. The molecule has 2 aromatic rings. The van der Waals surface area contributed by atoms with Gasteiger partial charge in [0.25, 0.3) is 0 Å². The van der Waals surface area contributed by atoms with Gasteiger partial charge in [0.1, 0.15) is 11.3 Å². The molecule has 0 amide bonds. The number of pyridine rings is 1. The van der Waals surface area contributed by atoms with Gasteiger partial charge in [0.2, 0.25) is 0 Å². The van der Waals surface area contributed by atoms with E-state index in [1.54, 1.807) is 18.3 Å². The number of fused-ring (bicyclic) bond motifs is 1. The molecule has 0 aliphatic rings. The van der Waals surface area contributed by atoms with Crippen molar-refractivity contribution in [1.82, 2.24) is 4.98 Å². The van der Waals surface area contributed by atoms with Crippen LogP contribution in [-0.4, -0.2) is 34.0 Å². The van der Waals surface area contributed by atoms with Crippen LogP contribution in [0.2, 0.25) is 0 Å². The molecular formula is C9H7NOSSn. The van der Waals surface area contributed by atoms with E-state index >= 15 is 0 Å². The molecule has 0 saturated carbocycles. The quantitative estimate of drug-likeness (QED) is 0.748. The average Bonchev–Trinajstić information content (AvgIpc) is 2.06. The molecule has 0 atom stereocenters. The van der Waals surface area contributed by atoms with Gasteiger partial charge in [-0.25, -0.2) is 0 Å². The van der Waals surface area contributed by atoms with Crippen molar-refractivity contribution in [2.24, 2.45) is 0 Å². The Bertz CT molecular complexity index is 389.